The number of aliphatic hydroxyl groups is 1. The summed E-state index contributed by atoms with van der Waals surface area (Å²) in [5.74, 6) is -1.08. The number of methoxy groups -OCH3 is 1. The van der Waals surface area contributed by atoms with Crippen LogP contribution in [0.5, 0.6) is 5.75 Å². The Bertz CT molecular complexity index is 1610. The maximum atomic E-state index is 13.6. The Labute approximate surface area is 270 Å². The average molecular weight is 657 g/mol. The van der Waals surface area contributed by atoms with Crippen LogP contribution in [0.2, 0.25) is 5.02 Å². The van der Waals surface area contributed by atoms with Crippen LogP contribution in [0.25, 0.3) is 0 Å². The first kappa shape index (κ1) is 31.9. The van der Waals surface area contributed by atoms with Gasteiger partial charge >= 0.3 is 5.97 Å². The van der Waals surface area contributed by atoms with Crippen LogP contribution in [-0.4, -0.2) is 63.6 Å². The Kier molecular flexibility index (Phi) is 8.93. The van der Waals surface area contributed by atoms with Crippen LogP contribution in [0, 0.1) is 17.8 Å². The lowest BCUT2D eigenvalue weighted by Gasteiger charge is -2.45. The molecule has 0 aromatic heterocycles. The number of aliphatic hydroxyl groups excluding tert-OH is 1. The van der Waals surface area contributed by atoms with Gasteiger partial charge in [-0.1, -0.05) is 36.7 Å². The predicted octanol–water partition coefficient (Wildman–Crippen LogP) is 4.79. The minimum absolute atomic E-state index is 0.0477. The van der Waals surface area contributed by atoms with Crippen molar-refractivity contribution in [2.45, 2.75) is 68.6 Å². The van der Waals surface area contributed by atoms with E-state index in [0.717, 1.165) is 37.8 Å². The molecule has 1 spiro atoms. The Morgan fingerprint density at radius 3 is 2.80 bits per heavy atom. The molecule has 9 nitrogen and oxygen atoms in total. The second kappa shape index (κ2) is 12.6. The van der Waals surface area contributed by atoms with Gasteiger partial charge < -0.3 is 19.5 Å². The first-order valence-electron chi connectivity index (χ1n) is 15.8. The van der Waals surface area contributed by atoms with Crippen molar-refractivity contribution in [3.63, 3.8) is 0 Å². The average Bonchev–Trinajstić information content (AvgIpc) is 3.13. The van der Waals surface area contributed by atoms with Gasteiger partial charge in [0, 0.05) is 29.1 Å². The van der Waals surface area contributed by atoms with E-state index in [1.54, 1.807) is 37.3 Å². The summed E-state index contributed by atoms with van der Waals surface area (Å²) in [5.41, 5.74) is 3.04. The van der Waals surface area contributed by atoms with Crippen LogP contribution >= 0.6 is 11.6 Å². The van der Waals surface area contributed by atoms with Gasteiger partial charge in [-0.3, -0.25) is 9.59 Å². The van der Waals surface area contributed by atoms with Crippen LogP contribution in [0.1, 0.15) is 66.9 Å². The first-order valence-corrected chi connectivity index (χ1v) is 17.7. The van der Waals surface area contributed by atoms with Gasteiger partial charge in [0.1, 0.15) is 5.75 Å². The van der Waals surface area contributed by atoms with E-state index in [9.17, 15) is 23.1 Å². The van der Waals surface area contributed by atoms with E-state index in [1.165, 1.54) is 18.2 Å². The number of halogens is 1. The highest BCUT2D eigenvalue weighted by Crippen LogP contribution is 2.46. The van der Waals surface area contributed by atoms with E-state index in [0.29, 0.717) is 36.9 Å². The number of nitrogens with one attached hydrogen (secondary N) is 1. The van der Waals surface area contributed by atoms with E-state index in [2.05, 4.69) is 15.7 Å². The predicted molar refractivity (Wildman–Crippen MR) is 172 cm³/mol. The number of hydrogen-bond acceptors (Lipinski definition) is 8. The molecule has 2 heterocycles. The molecule has 0 saturated heterocycles. The fourth-order valence-corrected chi connectivity index (χ4v) is 9.47. The van der Waals surface area contributed by atoms with Gasteiger partial charge in [0.25, 0.3) is 5.91 Å². The molecule has 2 aromatic rings. The smallest absolute Gasteiger partial charge is 0.306 e. The van der Waals surface area contributed by atoms with E-state index in [-0.39, 0.29) is 22.8 Å². The summed E-state index contributed by atoms with van der Waals surface area (Å²) >= 11 is 6.39. The lowest BCUT2D eigenvalue weighted by Crippen LogP contribution is -2.49. The number of ether oxygens (including phenoxy) is 2. The molecule has 2 bridgehead atoms. The number of rotatable bonds is 2. The highest BCUT2D eigenvalue weighted by Gasteiger charge is 2.44. The number of esters is 1. The molecule has 0 radical (unpaired) electrons. The highest BCUT2D eigenvalue weighted by atomic mass is 35.5. The van der Waals surface area contributed by atoms with Gasteiger partial charge in [0.05, 0.1) is 37.2 Å². The molecule has 4 aliphatic rings. The third-order valence-corrected chi connectivity index (χ3v) is 12.5. The molecule has 2 aromatic carbocycles. The van der Waals surface area contributed by atoms with E-state index in [4.69, 9.17) is 21.1 Å². The number of carbonyl (C=O) groups excluding carboxylic acids is 2. The van der Waals surface area contributed by atoms with Gasteiger partial charge in [-0.25, -0.2) is 13.1 Å². The van der Waals surface area contributed by atoms with Crippen molar-refractivity contribution in [3.05, 3.63) is 70.3 Å². The van der Waals surface area contributed by atoms with Crippen molar-refractivity contribution < 1.29 is 32.6 Å². The molecule has 0 unspecified atom stereocenters. The number of amides is 1. The van der Waals surface area contributed by atoms with Crippen molar-refractivity contribution in [2.75, 3.05) is 31.7 Å². The Morgan fingerprint density at radius 1 is 1.22 bits per heavy atom. The molecule has 6 atom stereocenters. The number of sulfonamides is 1. The normalized spacial score (nSPS) is 31.7. The molecule has 2 aliphatic carbocycles. The number of aryl methyl sites for hydroxylation is 1. The quantitative estimate of drug-likeness (QED) is 0.350. The Balaban J connectivity index is 1.41. The fraction of sp³-hybridized carbons (Fsp3) is 0.529. The molecule has 45 heavy (non-hydrogen) atoms. The summed E-state index contributed by atoms with van der Waals surface area (Å²) in [6.45, 7) is 3.48. The molecule has 6 rings (SSSR count). The van der Waals surface area contributed by atoms with Crippen LogP contribution in [0.15, 0.2) is 48.6 Å². The van der Waals surface area contributed by atoms with Gasteiger partial charge in [-0.15, -0.1) is 0 Å². The molecule has 11 heteroatoms. The number of nitrogens with zero attached hydrogens (tertiary/aromatic N) is 1. The summed E-state index contributed by atoms with van der Waals surface area (Å²) < 4.78 is 40.7. The zero-order chi connectivity index (χ0) is 31.9. The first-order chi connectivity index (χ1) is 21.5. The number of carbonyl (C=O) groups is 2. The SMILES string of the molecule is COC(=O)C[C@@H]1[C@H](C)C/C=C\[C@H](O)[C@@H]2CC[C@H]2CN2C[C@@]3(CCCc4cc(Cl)ccc43)COc3ccc(cc32)C(=O)NS1(=O)=O. The van der Waals surface area contributed by atoms with Crippen molar-refractivity contribution in [3.8, 4) is 5.75 Å². The molecule has 2 N–H and O–H groups in total. The highest BCUT2D eigenvalue weighted by molar-refractivity contribution is 7.90. The van der Waals surface area contributed by atoms with Crippen LogP contribution in [0.3, 0.4) is 0 Å². The summed E-state index contributed by atoms with van der Waals surface area (Å²) in [5, 5.41) is 10.7. The maximum absolute atomic E-state index is 13.6. The number of hydrogen-bond donors (Lipinski definition) is 2. The van der Waals surface area contributed by atoms with E-state index < -0.39 is 45.6 Å². The van der Waals surface area contributed by atoms with Crippen LogP contribution in [-0.2, 0) is 31.4 Å². The molecule has 1 saturated carbocycles. The Morgan fingerprint density at radius 2 is 2.04 bits per heavy atom. The summed E-state index contributed by atoms with van der Waals surface area (Å²) in [6, 6.07) is 11.1. The van der Waals surface area contributed by atoms with Gasteiger partial charge in [0.15, 0.2) is 0 Å². The van der Waals surface area contributed by atoms with Gasteiger partial charge in [-0.05, 0) is 97.7 Å². The molecule has 242 valence electrons. The lowest BCUT2D eigenvalue weighted by atomic mass is 9.68. The zero-order valence-electron chi connectivity index (χ0n) is 25.7. The van der Waals surface area contributed by atoms with Crippen molar-refractivity contribution in [2.24, 2.45) is 17.8 Å². The second-order valence-corrected chi connectivity index (χ2v) is 15.6. The fourth-order valence-electron chi connectivity index (χ4n) is 7.66. The Hall–Kier alpha value is -3.08. The standard InChI is InChI=1S/C34H41ClN2O7S/c1-21-5-3-7-29(38)26-11-8-24(26)18-37-19-34(14-4-6-22-15-25(35)10-12-27(22)34)20-44-30-13-9-23(16-28(30)37)33(40)36-45(41,42)31(21)17-32(39)43-2/h3,7,9-10,12-13,15-16,21,24,26,29,31,38H,4-6,8,11,14,17-20H2,1-2H3,(H,36,40)/b7-3-/t21-,24+,26-,29+,31-,34+/m1/s1. The monoisotopic (exact) mass is 656 g/mol. The zero-order valence-corrected chi connectivity index (χ0v) is 27.3. The second-order valence-electron chi connectivity index (χ2n) is 13.2. The lowest BCUT2D eigenvalue weighted by molar-refractivity contribution is -0.140. The molecule has 1 amide bonds. The molecule has 2 aliphatic heterocycles. The topological polar surface area (TPSA) is 122 Å². The maximum Gasteiger partial charge on any atom is 0.306 e. The molecular weight excluding hydrogens is 616 g/mol. The van der Waals surface area contributed by atoms with Gasteiger partial charge in [0.2, 0.25) is 10.0 Å². The minimum Gasteiger partial charge on any atom is -0.490 e. The van der Waals surface area contributed by atoms with Crippen molar-refractivity contribution in [1.82, 2.24) is 4.72 Å². The third kappa shape index (κ3) is 6.33. The summed E-state index contributed by atoms with van der Waals surface area (Å²) in [7, 11) is -3.08. The number of anilines is 1. The number of allylic oxidation sites excluding steroid dienone is 1. The number of fused-ring (bicyclic) bond motifs is 4. The van der Waals surface area contributed by atoms with Crippen molar-refractivity contribution >= 4 is 39.2 Å². The molecule has 1 fully saturated rings. The third-order valence-electron chi connectivity index (χ3n) is 10.4. The van der Waals surface area contributed by atoms with Gasteiger partial charge in [-0.2, -0.15) is 0 Å². The van der Waals surface area contributed by atoms with Crippen molar-refractivity contribution in [1.29, 1.82) is 0 Å². The van der Waals surface area contributed by atoms with Crippen LogP contribution < -0.4 is 14.4 Å². The molecular formula is C34H41ClN2O7S. The number of benzene rings is 2. The minimum atomic E-state index is -4.28. The van der Waals surface area contributed by atoms with E-state index >= 15 is 0 Å². The van der Waals surface area contributed by atoms with E-state index in [1.807, 2.05) is 12.1 Å². The largest absolute Gasteiger partial charge is 0.490 e. The van der Waals surface area contributed by atoms with Crippen LogP contribution in [0.4, 0.5) is 5.69 Å². The summed E-state index contributed by atoms with van der Waals surface area (Å²) in [4.78, 5) is 28.0. The summed E-state index contributed by atoms with van der Waals surface area (Å²) in [6.07, 6.45) is 7.49.